The molecule has 0 aromatic carbocycles. The topological polar surface area (TPSA) is 103 Å². The minimum absolute atomic E-state index is 0.0307. The Balaban J connectivity index is 1.80. The smallest absolute Gasteiger partial charge is 0.351 e. The van der Waals surface area contributed by atoms with E-state index in [4.69, 9.17) is 24.6 Å². The first kappa shape index (κ1) is 30.1. The van der Waals surface area contributed by atoms with Crippen molar-refractivity contribution in [2.24, 2.45) is 26.9 Å². The molecule has 0 aliphatic carbocycles. The molecule has 0 radical (unpaired) electrons. The number of hydrazone groups is 1. The molecule has 4 heterocycles. The van der Waals surface area contributed by atoms with Crippen molar-refractivity contribution >= 4 is 23.9 Å². The molecule has 3 saturated heterocycles. The van der Waals surface area contributed by atoms with E-state index in [1.807, 2.05) is 5.01 Å². The first-order chi connectivity index (χ1) is 18.1. The van der Waals surface area contributed by atoms with Crippen LogP contribution in [0.2, 0.25) is 0 Å². The SMILES string of the molecule is CCOC(=O)C=NN1C(C2CC(C)(C)NC(C)(C)C2)=NC(C2CC(C)(C)NC(C)(C)C2)=NC1N1CCOCC1. The quantitative estimate of drug-likeness (QED) is 0.390. The van der Waals surface area contributed by atoms with Gasteiger partial charge in [0, 0.05) is 47.1 Å². The zero-order valence-corrected chi connectivity index (χ0v) is 25.6. The van der Waals surface area contributed by atoms with Crippen LogP contribution in [0.3, 0.4) is 0 Å². The maximum absolute atomic E-state index is 12.4. The number of esters is 1. The standard InChI is InChI=1S/C29H51N7O3/c1-10-39-22(37)19-30-36-24(21-17-28(6,7)34-29(8,9)18-21)31-23(32-25(36)35-11-13-38-14-12-35)20-15-26(2,3)33-27(4,5)16-20/h19-21,25,33-34H,10-18H2,1-9H3. The number of nitrogens with one attached hydrogen (secondary N) is 2. The van der Waals surface area contributed by atoms with Crippen LogP contribution in [0.1, 0.15) is 88.0 Å². The molecule has 4 aliphatic heterocycles. The molecule has 2 N–H and O–H groups in total. The van der Waals surface area contributed by atoms with Crippen molar-refractivity contribution in [2.75, 3.05) is 32.9 Å². The number of nitrogens with zero attached hydrogens (tertiary/aromatic N) is 5. The van der Waals surface area contributed by atoms with Crippen molar-refractivity contribution in [2.45, 2.75) is 116 Å². The highest BCUT2D eigenvalue weighted by molar-refractivity contribution is 6.23. The summed E-state index contributed by atoms with van der Waals surface area (Å²) in [6.45, 7) is 23.0. The highest BCUT2D eigenvalue weighted by Crippen LogP contribution is 2.39. The lowest BCUT2D eigenvalue weighted by Gasteiger charge is -2.50. The van der Waals surface area contributed by atoms with Crippen LogP contribution in [0.4, 0.5) is 0 Å². The van der Waals surface area contributed by atoms with Gasteiger partial charge in [-0.25, -0.2) is 19.8 Å². The van der Waals surface area contributed by atoms with Crippen molar-refractivity contribution in [1.82, 2.24) is 20.5 Å². The van der Waals surface area contributed by atoms with Crippen LogP contribution >= 0.6 is 0 Å². The number of hydrogen-bond acceptors (Lipinski definition) is 10. The Morgan fingerprint density at radius 2 is 1.46 bits per heavy atom. The van der Waals surface area contributed by atoms with Crippen LogP contribution in [0, 0.1) is 11.8 Å². The van der Waals surface area contributed by atoms with Gasteiger partial charge in [0.2, 0.25) is 6.29 Å². The van der Waals surface area contributed by atoms with Gasteiger partial charge in [-0.15, -0.1) is 0 Å². The summed E-state index contributed by atoms with van der Waals surface area (Å²) in [6.07, 6.45) is 4.62. The van der Waals surface area contributed by atoms with Crippen molar-refractivity contribution in [3.8, 4) is 0 Å². The number of aliphatic imine (C=N–C) groups is 2. The second-order valence-electron chi connectivity index (χ2n) is 14.3. The lowest BCUT2D eigenvalue weighted by molar-refractivity contribution is -0.134. The van der Waals surface area contributed by atoms with Crippen molar-refractivity contribution in [3.63, 3.8) is 0 Å². The predicted molar refractivity (Wildman–Crippen MR) is 156 cm³/mol. The zero-order chi connectivity index (χ0) is 28.6. The maximum Gasteiger partial charge on any atom is 0.351 e. The molecule has 1 atom stereocenters. The van der Waals surface area contributed by atoms with Crippen LogP contribution in [0.15, 0.2) is 15.1 Å². The number of rotatable bonds is 6. The van der Waals surface area contributed by atoms with Crippen LogP contribution in [-0.4, -0.2) is 95.1 Å². The van der Waals surface area contributed by atoms with Gasteiger partial charge >= 0.3 is 5.97 Å². The molecule has 10 heteroatoms. The average molecular weight is 546 g/mol. The summed E-state index contributed by atoms with van der Waals surface area (Å²) in [7, 11) is 0. The largest absolute Gasteiger partial charge is 0.462 e. The van der Waals surface area contributed by atoms with E-state index in [0.29, 0.717) is 19.8 Å². The summed E-state index contributed by atoms with van der Waals surface area (Å²) in [6, 6.07) is 0. The highest BCUT2D eigenvalue weighted by Gasteiger charge is 2.46. The molecule has 0 spiro atoms. The number of piperidine rings is 2. The Morgan fingerprint density at radius 3 is 1.97 bits per heavy atom. The van der Waals surface area contributed by atoms with Crippen LogP contribution < -0.4 is 10.6 Å². The minimum atomic E-state index is -0.458. The molecular formula is C29H51N7O3. The Kier molecular flexibility index (Phi) is 8.63. The molecular weight excluding hydrogens is 494 g/mol. The van der Waals surface area contributed by atoms with E-state index in [1.54, 1.807) is 6.92 Å². The molecule has 220 valence electrons. The fraction of sp³-hybridized carbons (Fsp3) is 0.862. The van der Waals surface area contributed by atoms with Gasteiger partial charge in [0.15, 0.2) is 0 Å². The minimum Gasteiger partial charge on any atom is -0.462 e. The van der Waals surface area contributed by atoms with Gasteiger partial charge in [0.1, 0.15) is 17.9 Å². The molecule has 0 saturated carbocycles. The Labute approximate surface area is 235 Å². The molecule has 0 aromatic heterocycles. The van der Waals surface area contributed by atoms with E-state index < -0.39 is 5.97 Å². The third-order valence-electron chi connectivity index (χ3n) is 7.99. The molecule has 0 bridgehead atoms. The van der Waals surface area contributed by atoms with Crippen LogP contribution in [-0.2, 0) is 14.3 Å². The Hall–Kier alpha value is -1.88. The van der Waals surface area contributed by atoms with Crippen molar-refractivity contribution in [1.29, 1.82) is 0 Å². The van der Waals surface area contributed by atoms with E-state index >= 15 is 0 Å². The number of amidine groups is 2. The summed E-state index contributed by atoms with van der Waals surface area (Å²) in [5, 5.41) is 14.2. The monoisotopic (exact) mass is 545 g/mol. The van der Waals surface area contributed by atoms with Crippen LogP contribution in [0.25, 0.3) is 0 Å². The van der Waals surface area contributed by atoms with E-state index in [2.05, 4.69) is 70.9 Å². The maximum atomic E-state index is 12.4. The fourth-order valence-corrected chi connectivity index (χ4v) is 7.43. The Morgan fingerprint density at radius 1 is 0.949 bits per heavy atom. The number of hydrogen-bond donors (Lipinski definition) is 2. The molecule has 10 nitrogen and oxygen atoms in total. The molecule has 4 rings (SSSR count). The molecule has 1 unspecified atom stereocenters. The summed E-state index contributed by atoms with van der Waals surface area (Å²) in [5.74, 6) is 1.70. The van der Waals surface area contributed by atoms with Gasteiger partial charge < -0.3 is 20.1 Å². The van der Waals surface area contributed by atoms with Gasteiger partial charge in [0.25, 0.3) is 0 Å². The fourth-order valence-electron chi connectivity index (χ4n) is 7.43. The first-order valence-corrected chi connectivity index (χ1v) is 14.7. The lowest BCUT2D eigenvalue weighted by atomic mass is 9.74. The predicted octanol–water partition coefficient (Wildman–Crippen LogP) is 3.38. The van der Waals surface area contributed by atoms with Gasteiger partial charge in [-0.3, -0.25) is 4.90 Å². The van der Waals surface area contributed by atoms with E-state index in [-0.39, 0.29) is 40.3 Å². The Bertz CT molecular complexity index is 963. The third-order valence-corrected chi connectivity index (χ3v) is 7.99. The molecule has 0 amide bonds. The van der Waals surface area contributed by atoms with Gasteiger partial charge in [-0.1, -0.05) is 0 Å². The zero-order valence-electron chi connectivity index (χ0n) is 25.6. The summed E-state index contributed by atoms with van der Waals surface area (Å²) in [5.41, 5.74) is -0.213. The number of morpholine rings is 1. The normalized spacial score (nSPS) is 29.7. The molecule has 0 aromatic rings. The van der Waals surface area contributed by atoms with E-state index in [1.165, 1.54) is 6.21 Å². The number of carbonyl (C=O) groups is 1. The highest BCUT2D eigenvalue weighted by atomic mass is 16.5. The number of carbonyl (C=O) groups excluding carboxylic acids is 1. The molecule has 3 fully saturated rings. The summed E-state index contributed by atoms with van der Waals surface area (Å²) in [4.78, 5) is 25.3. The summed E-state index contributed by atoms with van der Waals surface area (Å²) >= 11 is 0. The molecule has 4 aliphatic rings. The van der Waals surface area contributed by atoms with Gasteiger partial charge in [-0.05, 0) is 88.0 Å². The van der Waals surface area contributed by atoms with Gasteiger partial charge in [0.05, 0.1) is 19.8 Å². The second kappa shape index (κ2) is 11.2. The lowest BCUT2D eigenvalue weighted by Crippen LogP contribution is -2.62. The third kappa shape index (κ3) is 7.65. The van der Waals surface area contributed by atoms with E-state index in [9.17, 15) is 4.79 Å². The number of ether oxygens (including phenoxy) is 2. The average Bonchev–Trinajstić information content (AvgIpc) is 2.79. The van der Waals surface area contributed by atoms with Crippen molar-refractivity contribution < 1.29 is 14.3 Å². The molecule has 39 heavy (non-hydrogen) atoms. The van der Waals surface area contributed by atoms with E-state index in [0.717, 1.165) is 50.4 Å². The van der Waals surface area contributed by atoms with Gasteiger partial charge in [-0.2, -0.15) is 5.10 Å². The summed E-state index contributed by atoms with van der Waals surface area (Å²) < 4.78 is 10.9. The van der Waals surface area contributed by atoms with Crippen molar-refractivity contribution in [3.05, 3.63) is 0 Å². The second-order valence-corrected chi connectivity index (χ2v) is 14.3. The first-order valence-electron chi connectivity index (χ1n) is 14.7. The van der Waals surface area contributed by atoms with Crippen LogP contribution in [0.5, 0.6) is 0 Å².